The van der Waals surface area contributed by atoms with Crippen LogP contribution in [-0.4, -0.2) is 44.4 Å². The lowest BCUT2D eigenvalue weighted by atomic mass is 9.93. The molecule has 1 aliphatic heterocycles. The summed E-state index contributed by atoms with van der Waals surface area (Å²) in [7, 11) is 1.81. The van der Waals surface area contributed by atoms with Gasteiger partial charge in [-0.1, -0.05) is 42.5 Å². The highest BCUT2D eigenvalue weighted by Crippen LogP contribution is 2.35. The van der Waals surface area contributed by atoms with Crippen LogP contribution in [0.5, 0.6) is 5.75 Å². The van der Waals surface area contributed by atoms with E-state index in [4.69, 9.17) is 10.5 Å². The van der Waals surface area contributed by atoms with Crippen molar-refractivity contribution in [3.63, 3.8) is 0 Å². The van der Waals surface area contributed by atoms with Crippen molar-refractivity contribution in [1.82, 2.24) is 19.7 Å². The van der Waals surface area contributed by atoms with Gasteiger partial charge in [0.1, 0.15) is 23.9 Å². The Bertz CT molecular complexity index is 1950. The molecule has 0 spiro atoms. The van der Waals surface area contributed by atoms with Crippen LogP contribution >= 0.6 is 0 Å². The van der Waals surface area contributed by atoms with Crippen LogP contribution < -0.4 is 15.8 Å². The Morgan fingerprint density at radius 2 is 1.62 bits per heavy atom. The maximum Gasteiger partial charge on any atom is 0.406 e. The van der Waals surface area contributed by atoms with Crippen molar-refractivity contribution in [2.75, 3.05) is 17.6 Å². The van der Waals surface area contributed by atoms with Crippen LogP contribution in [0.25, 0.3) is 27.8 Å². The van der Waals surface area contributed by atoms with Crippen molar-refractivity contribution in [3.8, 4) is 28.0 Å². The first kappa shape index (κ1) is 31.1. The Hall–Kier alpha value is -5.91. The smallest absolute Gasteiger partial charge is 0.406 e. The monoisotopic (exact) mass is 640 g/mol. The molecule has 0 fully saturated rings. The fraction of sp³-hybridized carbons (Fsp3) is 0.114. The zero-order chi connectivity index (χ0) is 33.1. The molecule has 3 heterocycles. The molecule has 8 nitrogen and oxygen atoms in total. The number of anilines is 2. The van der Waals surface area contributed by atoms with Gasteiger partial charge in [0.2, 0.25) is 0 Å². The molecule has 0 aliphatic carbocycles. The largest absolute Gasteiger partial charge is 0.481 e. The van der Waals surface area contributed by atoms with Crippen molar-refractivity contribution in [3.05, 3.63) is 133 Å². The zero-order valence-electron chi connectivity index (χ0n) is 24.9. The summed E-state index contributed by atoms with van der Waals surface area (Å²) in [6, 6.07) is 22.5. The summed E-state index contributed by atoms with van der Waals surface area (Å²) >= 11 is 0. The van der Waals surface area contributed by atoms with Crippen molar-refractivity contribution >= 4 is 23.0 Å². The molecule has 1 unspecified atom stereocenters. The van der Waals surface area contributed by atoms with Crippen LogP contribution in [0.2, 0.25) is 0 Å². The van der Waals surface area contributed by atoms with Crippen molar-refractivity contribution in [2.24, 2.45) is 7.05 Å². The van der Waals surface area contributed by atoms with E-state index in [2.05, 4.69) is 15.4 Å². The van der Waals surface area contributed by atoms with Gasteiger partial charge < -0.3 is 20.7 Å². The number of aryl methyl sites for hydroxylation is 1. The Morgan fingerprint density at radius 1 is 0.915 bits per heavy atom. The van der Waals surface area contributed by atoms with Crippen molar-refractivity contribution < 1.29 is 27.1 Å². The van der Waals surface area contributed by atoms with E-state index in [-0.39, 0.29) is 11.1 Å². The average molecular weight is 641 g/mol. The Morgan fingerprint density at radius 3 is 2.28 bits per heavy atom. The number of amides is 1. The van der Waals surface area contributed by atoms with Gasteiger partial charge >= 0.3 is 6.18 Å². The molecule has 3 N–H and O–H groups in total. The Balaban J connectivity index is 1.31. The number of nitrogen functional groups attached to an aromatic ring is 1. The number of aromatic nitrogens is 3. The first-order chi connectivity index (χ1) is 22.5. The van der Waals surface area contributed by atoms with Crippen LogP contribution in [0.1, 0.15) is 5.56 Å². The Labute approximate surface area is 267 Å². The van der Waals surface area contributed by atoms with E-state index < -0.39 is 30.5 Å². The minimum absolute atomic E-state index is 0.0818. The second kappa shape index (κ2) is 12.8. The first-order valence-corrected chi connectivity index (χ1v) is 14.4. The van der Waals surface area contributed by atoms with E-state index in [1.807, 2.05) is 19.3 Å². The molecule has 2 aromatic heterocycles. The number of hydrogen-bond acceptors (Lipinski definition) is 6. The number of nitrogens with two attached hydrogens (primary N) is 1. The van der Waals surface area contributed by atoms with E-state index in [1.54, 1.807) is 71.7 Å². The lowest BCUT2D eigenvalue weighted by Gasteiger charge is -2.32. The molecule has 1 atom stereocenters. The number of ether oxygens (including phenoxy) is 1. The maximum atomic E-state index is 13.8. The number of halogens is 4. The van der Waals surface area contributed by atoms with E-state index in [0.29, 0.717) is 28.4 Å². The lowest BCUT2D eigenvalue weighted by molar-refractivity contribution is -0.136. The third kappa shape index (κ3) is 7.33. The second-order valence-electron chi connectivity index (χ2n) is 10.9. The highest BCUT2D eigenvalue weighted by Gasteiger charge is 2.36. The third-order valence-electron chi connectivity index (χ3n) is 7.38. The summed E-state index contributed by atoms with van der Waals surface area (Å²) in [5, 5.41) is 6.98. The molecule has 0 saturated carbocycles. The van der Waals surface area contributed by atoms with Gasteiger partial charge in [-0.2, -0.15) is 18.3 Å². The number of hydrogen-bond donors (Lipinski definition) is 2. The van der Waals surface area contributed by atoms with Gasteiger partial charge in [0.15, 0.2) is 6.10 Å². The molecule has 0 bridgehead atoms. The number of benzene rings is 3. The Kier molecular flexibility index (Phi) is 8.49. The summed E-state index contributed by atoms with van der Waals surface area (Å²) in [6.45, 7) is -1.35. The molecule has 0 radical (unpaired) electrons. The maximum absolute atomic E-state index is 13.8. The summed E-state index contributed by atoms with van der Waals surface area (Å²) in [5.41, 5.74) is 10.2. The molecule has 3 aromatic carbocycles. The van der Waals surface area contributed by atoms with E-state index in [9.17, 15) is 22.4 Å². The predicted octanol–water partition coefficient (Wildman–Crippen LogP) is 7.06. The lowest BCUT2D eigenvalue weighted by Crippen LogP contribution is -2.37. The number of alkyl halides is 3. The number of para-hydroxylation sites is 1. The van der Waals surface area contributed by atoms with Crippen LogP contribution in [0.15, 0.2) is 121 Å². The van der Waals surface area contributed by atoms with E-state index >= 15 is 0 Å². The number of nitrogens with one attached hydrogen (secondary N) is 1. The highest BCUT2D eigenvalue weighted by atomic mass is 19.4. The minimum Gasteiger partial charge on any atom is -0.481 e. The van der Waals surface area contributed by atoms with E-state index in [1.165, 1.54) is 30.5 Å². The van der Waals surface area contributed by atoms with Crippen LogP contribution in [-0.2, 0) is 11.8 Å². The van der Waals surface area contributed by atoms with Gasteiger partial charge in [0, 0.05) is 59.8 Å². The number of rotatable bonds is 8. The molecule has 238 valence electrons. The molecule has 12 heteroatoms. The van der Waals surface area contributed by atoms with Gasteiger partial charge in [-0.15, -0.1) is 0 Å². The van der Waals surface area contributed by atoms with Crippen LogP contribution in [0.3, 0.4) is 0 Å². The molecular formula is C35H28F4N6O2. The molecule has 6 rings (SSSR count). The topological polar surface area (TPSA) is 98.3 Å². The van der Waals surface area contributed by atoms with Crippen LogP contribution in [0, 0.1) is 5.82 Å². The molecular weight excluding hydrogens is 612 g/mol. The van der Waals surface area contributed by atoms with Crippen molar-refractivity contribution in [1.29, 1.82) is 0 Å². The quantitative estimate of drug-likeness (QED) is 0.176. The van der Waals surface area contributed by atoms with Crippen LogP contribution in [0.4, 0.5) is 29.1 Å². The van der Waals surface area contributed by atoms with Gasteiger partial charge in [-0.05, 0) is 53.6 Å². The summed E-state index contributed by atoms with van der Waals surface area (Å²) in [6.07, 6.45) is 1.93. The van der Waals surface area contributed by atoms with Gasteiger partial charge in [0.05, 0.1) is 11.8 Å². The number of nitrogens with zero attached hydrogens (tertiary/aromatic N) is 4. The molecule has 1 amide bonds. The fourth-order valence-corrected chi connectivity index (χ4v) is 5.17. The van der Waals surface area contributed by atoms with Gasteiger partial charge in [0.25, 0.3) is 5.91 Å². The van der Waals surface area contributed by atoms with Crippen molar-refractivity contribution in [2.45, 2.75) is 12.3 Å². The first-order valence-electron chi connectivity index (χ1n) is 14.4. The standard InChI is InChI=1S/C35H28F4N6O2/c1-44-18-25(17-42-44)24-15-29(33(40)41-16-24)22-9-13-27(14-10-22)43-34(46)31-20-45(21-35(37,38)39)19-30(23-7-11-26(36)12-8-23)32(31)47-28-5-3-2-4-6-28/h2-20,32H,21H2,1H3,(H2,40,41)(H,43,46). The average Bonchev–Trinajstić information content (AvgIpc) is 3.48. The normalized spacial score (nSPS) is 14.7. The third-order valence-corrected chi connectivity index (χ3v) is 7.38. The SMILES string of the molecule is Cn1cc(-c2cnc(N)c(-c3ccc(NC(=O)C4=CN(CC(F)(F)F)C=C(c5ccc(F)cc5)C4Oc4ccccc4)cc3)c2)cn1. The second-order valence-corrected chi connectivity index (χ2v) is 10.9. The molecule has 0 saturated heterocycles. The fourth-order valence-electron chi connectivity index (χ4n) is 5.17. The minimum atomic E-state index is -4.57. The number of carbonyl (C=O) groups is 1. The zero-order valence-corrected chi connectivity index (χ0v) is 24.9. The highest BCUT2D eigenvalue weighted by molar-refractivity contribution is 6.07. The summed E-state index contributed by atoms with van der Waals surface area (Å²) in [5.74, 6) is -0.500. The molecule has 47 heavy (non-hydrogen) atoms. The summed E-state index contributed by atoms with van der Waals surface area (Å²) in [4.78, 5) is 19.0. The van der Waals surface area contributed by atoms with Gasteiger partial charge in [-0.3, -0.25) is 9.48 Å². The number of pyridine rings is 1. The van der Waals surface area contributed by atoms with Gasteiger partial charge in [-0.25, -0.2) is 9.37 Å². The summed E-state index contributed by atoms with van der Waals surface area (Å²) < 4.78 is 62.4. The molecule has 1 aliphatic rings. The predicted molar refractivity (Wildman–Crippen MR) is 171 cm³/mol. The molecule has 5 aromatic rings. The number of carbonyl (C=O) groups excluding carboxylic acids is 1. The van der Waals surface area contributed by atoms with E-state index in [0.717, 1.165) is 27.8 Å².